The molecule has 0 aromatic carbocycles. The molecule has 1 unspecified atom stereocenters. The molecule has 2 heterocycles. The molecular formula is C11H19NO5S. The molecule has 0 aliphatic carbocycles. The molecule has 0 aromatic heterocycles. The van der Waals surface area contributed by atoms with Gasteiger partial charge in [0.1, 0.15) is 0 Å². The molecule has 2 rings (SSSR count). The van der Waals surface area contributed by atoms with Crippen LogP contribution in [0.3, 0.4) is 0 Å². The number of hydrogen-bond donors (Lipinski definition) is 1. The lowest BCUT2D eigenvalue weighted by atomic mass is 9.99. The number of ether oxygens (including phenoxy) is 1. The second-order valence-electron chi connectivity index (χ2n) is 4.90. The zero-order chi connectivity index (χ0) is 13.2. The smallest absolute Gasteiger partial charge is 0.306 e. The van der Waals surface area contributed by atoms with E-state index in [0.717, 1.165) is 6.42 Å². The van der Waals surface area contributed by atoms with E-state index in [1.54, 1.807) is 0 Å². The molecule has 2 aliphatic rings. The van der Waals surface area contributed by atoms with E-state index in [0.29, 0.717) is 39.0 Å². The minimum absolute atomic E-state index is 0.265. The standard InChI is InChI=1S/C11H19NO5S/c13-11(14)9-3-5-12(6-4-9)18(15,16)10-2-1-7-17-8-10/h9-10H,1-8H2,(H,13,14). The van der Waals surface area contributed by atoms with Gasteiger partial charge in [-0.05, 0) is 25.7 Å². The fourth-order valence-corrected chi connectivity index (χ4v) is 4.39. The fraction of sp³-hybridized carbons (Fsp3) is 0.909. The minimum atomic E-state index is -3.32. The number of aliphatic carboxylic acids is 1. The van der Waals surface area contributed by atoms with Gasteiger partial charge >= 0.3 is 5.97 Å². The average molecular weight is 277 g/mol. The first-order chi connectivity index (χ1) is 8.51. The lowest BCUT2D eigenvalue weighted by Crippen LogP contribution is -2.46. The molecular weight excluding hydrogens is 258 g/mol. The minimum Gasteiger partial charge on any atom is -0.481 e. The normalized spacial score (nSPS) is 28.1. The Morgan fingerprint density at radius 1 is 1.22 bits per heavy atom. The molecule has 0 aromatic rings. The highest BCUT2D eigenvalue weighted by atomic mass is 32.2. The predicted molar refractivity (Wildman–Crippen MR) is 64.7 cm³/mol. The lowest BCUT2D eigenvalue weighted by molar-refractivity contribution is -0.142. The van der Waals surface area contributed by atoms with E-state index in [1.807, 2.05) is 0 Å². The van der Waals surface area contributed by atoms with Crippen molar-refractivity contribution < 1.29 is 23.1 Å². The van der Waals surface area contributed by atoms with E-state index in [4.69, 9.17) is 9.84 Å². The molecule has 2 saturated heterocycles. The van der Waals surface area contributed by atoms with Crippen LogP contribution in [-0.2, 0) is 19.6 Å². The van der Waals surface area contributed by atoms with Crippen molar-refractivity contribution >= 4 is 16.0 Å². The van der Waals surface area contributed by atoms with Crippen molar-refractivity contribution in [2.75, 3.05) is 26.3 Å². The second-order valence-corrected chi connectivity index (χ2v) is 7.11. The number of carboxylic acid groups (broad SMARTS) is 1. The number of hydrogen-bond acceptors (Lipinski definition) is 4. The largest absolute Gasteiger partial charge is 0.481 e. The van der Waals surface area contributed by atoms with Gasteiger partial charge in [-0.15, -0.1) is 0 Å². The Morgan fingerprint density at radius 2 is 1.89 bits per heavy atom. The third-order valence-electron chi connectivity index (χ3n) is 3.70. The van der Waals surface area contributed by atoms with Crippen molar-refractivity contribution in [3.8, 4) is 0 Å². The van der Waals surface area contributed by atoms with Gasteiger partial charge in [0.25, 0.3) is 0 Å². The zero-order valence-electron chi connectivity index (χ0n) is 10.2. The van der Waals surface area contributed by atoms with Crippen LogP contribution in [0.1, 0.15) is 25.7 Å². The highest BCUT2D eigenvalue weighted by molar-refractivity contribution is 7.89. The number of sulfonamides is 1. The zero-order valence-corrected chi connectivity index (χ0v) is 11.1. The number of nitrogens with zero attached hydrogens (tertiary/aromatic N) is 1. The summed E-state index contributed by atoms with van der Waals surface area (Å²) in [4.78, 5) is 10.8. The van der Waals surface area contributed by atoms with Gasteiger partial charge in [-0.25, -0.2) is 12.7 Å². The van der Waals surface area contributed by atoms with E-state index < -0.39 is 27.2 Å². The summed E-state index contributed by atoms with van der Waals surface area (Å²) in [5, 5.41) is 8.44. The maximum absolute atomic E-state index is 12.3. The molecule has 0 spiro atoms. The molecule has 1 N–H and O–H groups in total. The summed E-state index contributed by atoms with van der Waals surface area (Å²) in [5.74, 6) is -1.23. The molecule has 0 radical (unpaired) electrons. The number of carboxylic acids is 1. The average Bonchev–Trinajstić information content (AvgIpc) is 2.40. The summed E-state index contributed by atoms with van der Waals surface area (Å²) >= 11 is 0. The quantitative estimate of drug-likeness (QED) is 0.801. The third-order valence-corrected chi connectivity index (χ3v) is 6.00. The van der Waals surface area contributed by atoms with Gasteiger partial charge in [0.2, 0.25) is 10.0 Å². The molecule has 2 fully saturated rings. The predicted octanol–water partition coefficient (Wildman–Crippen LogP) is 0.292. The van der Waals surface area contributed by atoms with Crippen LogP contribution in [-0.4, -0.2) is 55.4 Å². The highest BCUT2D eigenvalue weighted by Gasteiger charge is 2.36. The van der Waals surface area contributed by atoms with Crippen LogP contribution < -0.4 is 0 Å². The molecule has 0 amide bonds. The Balaban J connectivity index is 1.97. The first-order valence-electron chi connectivity index (χ1n) is 6.31. The van der Waals surface area contributed by atoms with Gasteiger partial charge < -0.3 is 9.84 Å². The molecule has 1 atom stereocenters. The summed E-state index contributed by atoms with van der Waals surface area (Å²) in [6.45, 7) is 1.53. The second kappa shape index (κ2) is 5.54. The Kier molecular flexibility index (Phi) is 4.24. The van der Waals surface area contributed by atoms with E-state index in [2.05, 4.69) is 0 Å². The SMILES string of the molecule is O=C(O)C1CCN(S(=O)(=O)C2CCCOC2)CC1. The summed E-state index contributed by atoms with van der Waals surface area (Å²) < 4.78 is 31.3. The Labute approximate surface area is 107 Å². The van der Waals surface area contributed by atoms with E-state index in [-0.39, 0.29) is 6.61 Å². The maximum atomic E-state index is 12.3. The van der Waals surface area contributed by atoms with Gasteiger partial charge in [0, 0.05) is 19.7 Å². The van der Waals surface area contributed by atoms with Crippen molar-refractivity contribution in [2.45, 2.75) is 30.9 Å². The summed E-state index contributed by atoms with van der Waals surface area (Å²) in [5.41, 5.74) is 0. The van der Waals surface area contributed by atoms with Crippen LogP contribution >= 0.6 is 0 Å². The number of carbonyl (C=O) groups is 1. The lowest BCUT2D eigenvalue weighted by Gasteiger charge is -2.33. The topological polar surface area (TPSA) is 83.9 Å². The first kappa shape index (κ1) is 13.8. The van der Waals surface area contributed by atoms with Crippen LogP contribution in [0.2, 0.25) is 0 Å². The maximum Gasteiger partial charge on any atom is 0.306 e. The highest BCUT2D eigenvalue weighted by Crippen LogP contribution is 2.24. The fourth-order valence-electron chi connectivity index (χ4n) is 2.51. The molecule has 2 aliphatic heterocycles. The van der Waals surface area contributed by atoms with Gasteiger partial charge in [-0.1, -0.05) is 0 Å². The van der Waals surface area contributed by atoms with Crippen LogP contribution in [0.25, 0.3) is 0 Å². The molecule has 0 bridgehead atoms. The van der Waals surface area contributed by atoms with Crippen molar-refractivity contribution in [1.29, 1.82) is 0 Å². The van der Waals surface area contributed by atoms with Gasteiger partial charge in [0.05, 0.1) is 17.8 Å². The monoisotopic (exact) mass is 277 g/mol. The van der Waals surface area contributed by atoms with Crippen molar-refractivity contribution in [1.82, 2.24) is 4.31 Å². The van der Waals surface area contributed by atoms with E-state index in [9.17, 15) is 13.2 Å². The van der Waals surface area contributed by atoms with Crippen molar-refractivity contribution in [2.24, 2.45) is 5.92 Å². The van der Waals surface area contributed by atoms with E-state index in [1.165, 1.54) is 4.31 Å². The van der Waals surface area contributed by atoms with Crippen molar-refractivity contribution in [3.63, 3.8) is 0 Å². The Morgan fingerprint density at radius 3 is 2.39 bits per heavy atom. The molecule has 0 saturated carbocycles. The van der Waals surface area contributed by atoms with Crippen LogP contribution in [0.4, 0.5) is 0 Å². The Bertz CT molecular complexity index is 394. The van der Waals surface area contributed by atoms with Gasteiger partial charge in [-0.2, -0.15) is 0 Å². The number of rotatable bonds is 3. The van der Waals surface area contributed by atoms with Crippen LogP contribution in [0.5, 0.6) is 0 Å². The van der Waals surface area contributed by atoms with Gasteiger partial charge in [0.15, 0.2) is 0 Å². The summed E-state index contributed by atoms with van der Waals surface area (Å²) in [6, 6.07) is 0. The van der Waals surface area contributed by atoms with Crippen molar-refractivity contribution in [3.05, 3.63) is 0 Å². The van der Waals surface area contributed by atoms with Crippen LogP contribution in [0.15, 0.2) is 0 Å². The summed E-state index contributed by atoms with van der Waals surface area (Å²) in [7, 11) is -3.32. The Hall–Kier alpha value is -0.660. The van der Waals surface area contributed by atoms with Crippen LogP contribution in [0, 0.1) is 5.92 Å². The molecule has 18 heavy (non-hydrogen) atoms. The number of piperidine rings is 1. The first-order valence-corrected chi connectivity index (χ1v) is 7.81. The molecule has 6 nitrogen and oxygen atoms in total. The van der Waals surface area contributed by atoms with E-state index >= 15 is 0 Å². The third kappa shape index (κ3) is 2.84. The summed E-state index contributed by atoms with van der Waals surface area (Å²) in [6.07, 6.45) is 2.22. The molecule has 104 valence electrons. The van der Waals surface area contributed by atoms with Gasteiger partial charge in [-0.3, -0.25) is 4.79 Å². The molecule has 7 heteroatoms.